The summed E-state index contributed by atoms with van der Waals surface area (Å²) in [5, 5.41) is 2.64. The maximum atomic E-state index is 2.77. The zero-order chi connectivity index (χ0) is 64.7. The molecule has 3 nitrogen and oxygen atoms in total. The summed E-state index contributed by atoms with van der Waals surface area (Å²) in [5.74, 6) is 0. The van der Waals surface area contributed by atoms with E-state index in [-0.39, 0.29) is 50.0 Å². The molecule has 0 bridgehead atoms. The Bertz CT molecular complexity index is 4500. The van der Waals surface area contributed by atoms with Crippen molar-refractivity contribution in [3.8, 4) is 11.1 Å². The number of anilines is 9. The van der Waals surface area contributed by atoms with Crippen molar-refractivity contribution < 1.29 is 0 Å². The molecule has 9 aromatic carbocycles. The number of benzene rings is 9. The predicted molar refractivity (Wildman–Crippen MR) is 399 cm³/mol. The van der Waals surface area contributed by atoms with Crippen LogP contribution in [0.1, 0.15) is 209 Å². The van der Waals surface area contributed by atoms with E-state index in [1.807, 2.05) is 11.3 Å². The van der Waals surface area contributed by atoms with Crippen LogP contribution in [-0.2, 0) is 43.3 Å². The van der Waals surface area contributed by atoms with E-state index < -0.39 is 0 Å². The highest BCUT2D eigenvalue weighted by molar-refractivity contribution is 7.26. The van der Waals surface area contributed by atoms with Crippen LogP contribution in [0.4, 0.5) is 51.2 Å². The lowest BCUT2D eigenvalue weighted by molar-refractivity contribution is 0.332. The van der Waals surface area contributed by atoms with E-state index in [0.29, 0.717) is 0 Å². The minimum absolute atomic E-state index is 0.00383. The standard InChI is InChI=1S/C86H96BN3S/c1-79(2,3)54-26-32-58(33-27-54)88(59-34-28-55(29-35-59)80(4,5)6)61-49-72-77-73(50-61)90(70-40-31-56(81(7,8)9)46-63(70)53-24-22-21-23-25-53)78-68(39-41-74-76(78)62-37-30-57(82(10,11)12)47-75(62)91-74)87(77)69-51-66-67(86(19,20)45-44-85(66,17)18)52-71(69)89(72)60-36-38-64-65(48-60)84(15,16)43-42-83(64,13)14/h21-41,46-52H,42-45H2,1-20H3. The summed E-state index contributed by atoms with van der Waals surface area (Å²) in [6.07, 6.45) is 4.58. The Morgan fingerprint density at radius 2 is 0.879 bits per heavy atom. The maximum Gasteiger partial charge on any atom is 0.252 e. The van der Waals surface area contributed by atoms with Crippen LogP contribution in [-0.4, -0.2) is 6.71 Å². The highest BCUT2D eigenvalue weighted by Gasteiger charge is 2.49. The van der Waals surface area contributed by atoms with Gasteiger partial charge in [0.15, 0.2) is 0 Å². The molecule has 0 fully saturated rings. The molecule has 10 aromatic rings. The van der Waals surface area contributed by atoms with Gasteiger partial charge in [0.05, 0.1) is 17.1 Å². The van der Waals surface area contributed by atoms with Crippen LogP contribution >= 0.6 is 11.3 Å². The Balaban J connectivity index is 1.19. The van der Waals surface area contributed by atoms with Gasteiger partial charge < -0.3 is 14.7 Å². The van der Waals surface area contributed by atoms with Gasteiger partial charge in [-0.05, 0) is 214 Å². The molecule has 0 N–H and O–H groups in total. The quantitative estimate of drug-likeness (QED) is 0.154. The SMILES string of the molecule is CC(C)(C)c1ccc(N(c2ccc(C(C)(C)C)cc2)c2cc3c4c(c2)N(c2ccc(C(C)(C)C)cc2-c2ccccc2)c2c(ccc5sc6cc(C(C)(C)C)ccc6c25)B4c2cc4c(cc2N3c2ccc3c(c2)C(C)(C)CCC3(C)C)C(C)(C)CCC4(C)C)cc1. The fourth-order valence-electron chi connectivity index (χ4n) is 15.9. The average Bonchev–Trinajstić information content (AvgIpc) is 1.48. The fraction of sp³-hybridized carbons (Fsp3) is 0.372. The Hall–Kier alpha value is -7.34. The molecule has 3 heterocycles. The lowest BCUT2D eigenvalue weighted by Gasteiger charge is -2.48. The van der Waals surface area contributed by atoms with Gasteiger partial charge in [0.2, 0.25) is 0 Å². The summed E-state index contributed by atoms with van der Waals surface area (Å²) in [4.78, 5) is 8.09. The number of hydrogen-bond acceptors (Lipinski definition) is 4. The van der Waals surface area contributed by atoms with Crippen LogP contribution < -0.4 is 31.1 Å². The van der Waals surface area contributed by atoms with Gasteiger partial charge in [0.25, 0.3) is 6.71 Å². The average molecular weight is 1210 g/mol. The van der Waals surface area contributed by atoms with Crippen LogP contribution in [0.25, 0.3) is 31.3 Å². The van der Waals surface area contributed by atoms with Crippen molar-refractivity contribution in [1.82, 2.24) is 0 Å². The first-order chi connectivity index (χ1) is 42.6. The van der Waals surface area contributed by atoms with Crippen LogP contribution in [0.2, 0.25) is 0 Å². The second-order valence-electron chi connectivity index (χ2n) is 34.4. The van der Waals surface area contributed by atoms with Gasteiger partial charge in [-0.1, -0.05) is 229 Å². The molecule has 4 aliphatic rings. The summed E-state index contributed by atoms with van der Waals surface area (Å²) in [5.41, 5.74) is 28.3. The van der Waals surface area contributed by atoms with Gasteiger partial charge in [0.1, 0.15) is 0 Å². The van der Waals surface area contributed by atoms with Crippen LogP contribution in [0.5, 0.6) is 0 Å². The van der Waals surface area contributed by atoms with Crippen molar-refractivity contribution >= 4 is 106 Å². The first-order valence-electron chi connectivity index (χ1n) is 33.9. The monoisotopic (exact) mass is 1210 g/mol. The number of fused-ring (bicyclic) bond motifs is 10. The number of hydrogen-bond donors (Lipinski definition) is 0. The molecule has 464 valence electrons. The summed E-state index contributed by atoms with van der Waals surface area (Å²) in [6, 6.07) is 68.3. The molecule has 0 spiro atoms. The van der Waals surface area contributed by atoms with Gasteiger partial charge in [-0.25, -0.2) is 0 Å². The molecule has 0 atom stereocenters. The first-order valence-corrected chi connectivity index (χ1v) is 34.8. The summed E-state index contributed by atoms with van der Waals surface area (Å²) in [6.45, 7) is 47.9. The predicted octanol–water partition coefficient (Wildman–Crippen LogP) is 23.2. The second kappa shape index (κ2) is 20.6. The normalized spacial score (nSPS) is 17.1. The zero-order valence-electron chi connectivity index (χ0n) is 58.3. The van der Waals surface area contributed by atoms with E-state index >= 15 is 0 Å². The van der Waals surface area contributed by atoms with Gasteiger partial charge in [-0.3, -0.25) is 0 Å². The van der Waals surface area contributed by atoms with Gasteiger partial charge in [-0.2, -0.15) is 0 Å². The molecule has 2 aliphatic carbocycles. The Kier molecular flexibility index (Phi) is 13.8. The molecule has 0 amide bonds. The van der Waals surface area contributed by atoms with Gasteiger partial charge in [0, 0.05) is 59.9 Å². The third-order valence-corrected chi connectivity index (χ3v) is 23.1. The number of thiophene rings is 1. The molecule has 91 heavy (non-hydrogen) atoms. The molecule has 0 saturated heterocycles. The van der Waals surface area contributed by atoms with Crippen molar-refractivity contribution in [3.63, 3.8) is 0 Å². The fourth-order valence-corrected chi connectivity index (χ4v) is 17.1. The van der Waals surface area contributed by atoms with Crippen molar-refractivity contribution in [1.29, 1.82) is 0 Å². The minimum Gasteiger partial charge on any atom is -0.311 e. The molecule has 0 radical (unpaired) electrons. The smallest absolute Gasteiger partial charge is 0.252 e. The van der Waals surface area contributed by atoms with E-state index in [9.17, 15) is 0 Å². The minimum atomic E-state index is -0.108. The molecular formula is C86H96BN3S. The summed E-state index contributed by atoms with van der Waals surface area (Å²) >= 11 is 1.95. The molecule has 1 aromatic heterocycles. The van der Waals surface area contributed by atoms with E-state index in [1.54, 1.807) is 0 Å². The molecule has 0 unspecified atom stereocenters. The number of nitrogens with zero attached hydrogens (tertiary/aromatic N) is 3. The lowest BCUT2D eigenvalue weighted by Crippen LogP contribution is -2.62. The zero-order valence-corrected chi connectivity index (χ0v) is 59.1. The van der Waals surface area contributed by atoms with Gasteiger partial charge >= 0.3 is 0 Å². The summed E-state index contributed by atoms with van der Waals surface area (Å²) < 4.78 is 2.64. The first kappa shape index (κ1) is 61.2. The molecular weight excluding hydrogens is 1120 g/mol. The lowest BCUT2D eigenvalue weighted by atomic mass is 9.33. The largest absolute Gasteiger partial charge is 0.311 e. The Morgan fingerprint density at radius 1 is 0.385 bits per heavy atom. The Morgan fingerprint density at radius 3 is 1.44 bits per heavy atom. The van der Waals surface area contributed by atoms with Crippen molar-refractivity contribution in [2.45, 2.75) is 207 Å². The van der Waals surface area contributed by atoms with Crippen molar-refractivity contribution in [2.75, 3.05) is 14.7 Å². The highest BCUT2D eigenvalue weighted by Crippen LogP contribution is 2.57. The van der Waals surface area contributed by atoms with Crippen LogP contribution in [0.3, 0.4) is 0 Å². The van der Waals surface area contributed by atoms with E-state index in [4.69, 9.17) is 0 Å². The van der Waals surface area contributed by atoms with Crippen LogP contribution in [0, 0.1) is 0 Å². The topological polar surface area (TPSA) is 9.72 Å². The molecule has 5 heteroatoms. The third kappa shape index (κ3) is 10.1. The molecule has 2 aliphatic heterocycles. The molecule has 0 saturated carbocycles. The van der Waals surface area contributed by atoms with E-state index in [0.717, 1.165) is 42.7 Å². The van der Waals surface area contributed by atoms with E-state index in [1.165, 1.54) is 126 Å². The highest BCUT2D eigenvalue weighted by atomic mass is 32.1. The number of rotatable bonds is 6. The van der Waals surface area contributed by atoms with Crippen molar-refractivity contribution in [2.24, 2.45) is 0 Å². The second-order valence-corrected chi connectivity index (χ2v) is 35.5. The van der Waals surface area contributed by atoms with Gasteiger partial charge in [-0.15, -0.1) is 11.3 Å². The summed E-state index contributed by atoms with van der Waals surface area (Å²) in [7, 11) is 0. The van der Waals surface area contributed by atoms with E-state index in [2.05, 4.69) is 323 Å². The van der Waals surface area contributed by atoms with Crippen LogP contribution in [0.15, 0.2) is 170 Å². The maximum absolute atomic E-state index is 2.77. The third-order valence-electron chi connectivity index (χ3n) is 22.0. The van der Waals surface area contributed by atoms with Crippen molar-refractivity contribution in [3.05, 3.63) is 214 Å². The molecule has 14 rings (SSSR count). The Labute approximate surface area is 550 Å².